The number of hydrogen-bond donors (Lipinski definition) is 0. The number of fused-ring (bicyclic) bond motifs is 1. The maximum atomic E-state index is 12.1. The molecule has 1 aliphatic heterocycles. The number of carbonyl (C=O) groups excluding carboxylic acids is 1. The van der Waals surface area contributed by atoms with Crippen molar-refractivity contribution in [1.29, 1.82) is 0 Å². The van der Waals surface area contributed by atoms with Gasteiger partial charge in [-0.3, -0.25) is 9.69 Å². The number of rotatable bonds is 3. The SMILES string of the molecule is CCC(=O)C1c2ccccc2CCN1CC. The third-order valence-corrected chi connectivity index (χ3v) is 3.44. The van der Waals surface area contributed by atoms with Crippen LogP contribution in [0.25, 0.3) is 0 Å². The van der Waals surface area contributed by atoms with Crippen LogP contribution >= 0.6 is 0 Å². The third-order valence-electron chi connectivity index (χ3n) is 3.44. The number of benzene rings is 1. The van der Waals surface area contributed by atoms with Crippen molar-refractivity contribution in [3.63, 3.8) is 0 Å². The Morgan fingerprint density at radius 1 is 1.38 bits per heavy atom. The fraction of sp³-hybridized carbons (Fsp3) is 0.500. The van der Waals surface area contributed by atoms with Gasteiger partial charge in [0.1, 0.15) is 0 Å². The first-order valence-electron chi connectivity index (χ1n) is 6.12. The van der Waals surface area contributed by atoms with E-state index >= 15 is 0 Å². The quantitative estimate of drug-likeness (QED) is 0.775. The molecule has 0 N–H and O–H groups in total. The minimum atomic E-state index is -0.0000463. The minimum Gasteiger partial charge on any atom is -0.298 e. The molecule has 0 bridgehead atoms. The summed E-state index contributed by atoms with van der Waals surface area (Å²) in [5.74, 6) is 0.342. The summed E-state index contributed by atoms with van der Waals surface area (Å²) in [5.41, 5.74) is 2.57. The van der Waals surface area contributed by atoms with Gasteiger partial charge in [-0.15, -0.1) is 0 Å². The maximum absolute atomic E-state index is 12.1. The Hall–Kier alpha value is -1.15. The van der Waals surface area contributed by atoms with Gasteiger partial charge in [0.15, 0.2) is 5.78 Å². The lowest BCUT2D eigenvalue weighted by atomic mass is 9.89. The van der Waals surface area contributed by atoms with E-state index in [1.807, 2.05) is 13.0 Å². The molecule has 2 nitrogen and oxygen atoms in total. The lowest BCUT2D eigenvalue weighted by Gasteiger charge is -2.35. The van der Waals surface area contributed by atoms with Crippen molar-refractivity contribution in [2.45, 2.75) is 32.7 Å². The number of ketones is 1. The number of hydrogen-bond acceptors (Lipinski definition) is 2. The molecule has 0 aliphatic carbocycles. The van der Waals surface area contributed by atoms with Crippen molar-refractivity contribution in [3.05, 3.63) is 35.4 Å². The van der Waals surface area contributed by atoms with Crippen LogP contribution in [0.2, 0.25) is 0 Å². The Balaban J connectivity index is 2.40. The Labute approximate surface area is 97.3 Å². The average Bonchev–Trinajstić information content (AvgIpc) is 2.36. The van der Waals surface area contributed by atoms with Crippen LogP contribution in [-0.2, 0) is 11.2 Å². The second kappa shape index (κ2) is 4.79. The smallest absolute Gasteiger partial charge is 0.154 e. The lowest BCUT2D eigenvalue weighted by molar-refractivity contribution is -0.124. The summed E-state index contributed by atoms with van der Waals surface area (Å²) in [6.45, 7) is 6.03. The number of likely N-dealkylation sites (N-methyl/N-ethyl adjacent to an activating group) is 1. The zero-order valence-corrected chi connectivity index (χ0v) is 10.1. The Morgan fingerprint density at radius 3 is 2.81 bits per heavy atom. The predicted octanol–water partition coefficient (Wildman–Crippen LogP) is 2.58. The minimum absolute atomic E-state index is 0.0000463. The van der Waals surface area contributed by atoms with Gasteiger partial charge in [-0.25, -0.2) is 0 Å². The molecule has 1 unspecified atom stereocenters. The molecule has 0 saturated carbocycles. The Kier molecular flexibility index (Phi) is 3.39. The summed E-state index contributed by atoms with van der Waals surface area (Å²) in [6.07, 6.45) is 1.69. The van der Waals surface area contributed by atoms with E-state index in [-0.39, 0.29) is 6.04 Å². The molecule has 0 aromatic heterocycles. The molecule has 1 aromatic carbocycles. The monoisotopic (exact) mass is 217 g/mol. The van der Waals surface area contributed by atoms with Crippen molar-refractivity contribution in [2.75, 3.05) is 13.1 Å². The molecule has 2 heteroatoms. The van der Waals surface area contributed by atoms with Crippen molar-refractivity contribution < 1.29 is 4.79 Å². The van der Waals surface area contributed by atoms with Gasteiger partial charge < -0.3 is 0 Å². The number of carbonyl (C=O) groups is 1. The van der Waals surface area contributed by atoms with E-state index in [0.717, 1.165) is 19.5 Å². The molecule has 1 aliphatic rings. The van der Waals surface area contributed by atoms with Crippen molar-refractivity contribution >= 4 is 5.78 Å². The summed E-state index contributed by atoms with van der Waals surface area (Å²) in [6, 6.07) is 8.36. The van der Waals surface area contributed by atoms with E-state index in [2.05, 4.69) is 30.0 Å². The highest BCUT2D eigenvalue weighted by atomic mass is 16.1. The highest BCUT2D eigenvalue weighted by molar-refractivity contribution is 5.85. The van der Waals surface area contributed by atoms with Gasteiger partial charge in [0.25, 0.3) is 0 Å². The van der Waals surface area contributed by atoms with E-state index in [0.29, 0.717) is 12.2 Å². The van der Waals surface area contributed by atoms with E-state index in [9.17, 15) is 4.79 Å². The van der Waals surface area contributed by atoms with Crippen molar-refractivity contribution in [2.24, 2.45) is 0 Å². The van der Waals surface area contributed by atoms with E-state index in [1.54, 1.807) is 0 Å². The molecule has 0 radical (unpaired) electrons. The van der Waals surface area contributed by atoms with Gasteiger partial charge in [-0.05, 0) is 24.1 Å². The van der Waals surface area contributed by atoms with Crippen LogP contribution < -0.4 is 0 Å². The Morgan fingerprint density at radius 2 is 2.12 bits per heavy atom. The van der Waals surface area contributed by atoms with Crippen LogP contribution in [0.5, 0.6) is 0 Å². The molecule has 1 aromatic rings. The highest BCUT2D eigenvalue weighted by Crippen LogP contribution is 2.30. The van der Waals surface area contributed by atoms with Gasteiger partial charge in [0.05, 0.1) is 6.04 Å². The van der Waals surface area contributed by atoms with Crippen LogP contribution in [0.1, 0.15) is 37.4 Å². The topological polar surface area (TPSA) is 20.3 Å². The molecule has 0 saturated heterocycles. The second-order valence-electron chi connectivity index (χ2n) is 4.30. The van der Waals surface area contributed by atoms with Crippen LogP contribution in [0.3, 0.4) is 0 Å². The van der Waals surface area contributed by atoms with Gasteiger partial charge in [0, 0.05) is 13.0 Å². The van der Waals surface area contributed by atoms with E-state index in [1.165, 1.54) is 11.1 Å². The largest absolute Gasteiger partial charge is 0.298 e. The van der Waals surface area contributed by atoms with Crippen LogP contribution in [0.4, 0.5) is 0 Å². The van der Waals surface area contributed by atoms with Crippen LogP contribution in [0.15, 0.2) is 24.3 Å². The van der Waals surface area contributed by atoms with Crippen molar-refractivity contribution in [3.8, 4) is 0 Å². The lowest BCUT2D eigenvalue weighted by Crippen LogP contribution is -2.39. The third kappa shape index (κ3) is 1.90. The van der Waals surface area contributed by atoms with E-state index in [4.69, 9.17) is 0 Å². The van der Waals surface area contributed by atoms with Crippen molar-refractivity contribution in [1.82, 2.24) is 4.90 Å². The first-order chi connectivity index (χ1) is 7.77. The zero-order chi connectivity index (χ0) is 11.5. The van der Waals surface area contributed by atoms with Gasteiger partial charge in [-0.1, -0.05) is 38.1 Å². The number of Topliss-reactive ketones (excluding diaryl/α,β-unsaturated/α-hetero) is 1. The molecule has 1 atom stereocenters. The Bertz CT molecular complexity index is 386. The van der Waals surface area contributed by atoms with Gasteiger partial charge >= 0.3 is 0 Å². The molecule has 2 rings (SSSR count). The predicted molar refractivity (Wildman–Crippen MR) is 65.4 cm³/mol. The molecule has 0 amide bonds. The van der Waals surface area contributed by atoms with Gasteiger partial charge in [0.2, 0.25) is 0 Å². The molecule has 1 heterocycles. The van der Waals surface area contributed by atoms with Gasteiger partial charge in [-0.2, -0.15) is 0 Å². The molecule has 86 valence electrons. The summed E-state index contributed by atoms with van der Waals surface area (Å²) in [4.78, 5) is 14.3. The molecule has 16 heavy (non-hydrogen) atoms. The summed E-state index contributed by atoms with van der Waals surface area (Å²) in [5, 5.41) is 0. The first kappa shape index (κ1) is 11.3. The standard InChI is InChI=1S/C14H19NO/c1-3-13(16)14-12-8-6-5-7-11(12)9-10-15(14)4-2/h5-8,14H,3-4,9-10H2,1-2H3. The molecule has 0 fully saturated rings. The van der Waals surface area contributed by atoms with E-state index < -0.39 is 0 Å². The summed E-state index contributed by atoms with van der Waals surface area (Å²) >= 11 is 0. The first-order valence-corrected chi connectivity index (χ1v) is 6.12. The normalized spacial score (nSPS) is 20.5. The molecular formula is C14H19NO. The average molecular weight is 217 g/mol. The highest BCUT2D eigenvalue weighted by Gasteiger charge is 2.30. The van der Waals surface area contributed by atoms with Crippen LogP contribution in [-0.4, -0.2) is 23.8 Å². The summed E-state index contributed by atoms with van der Waals surface area (Å²) in [7, 11) is 0. The number of nitrogens with zero attached hydrogens (tertiary/aromatic N) is 1. The molecular weight excluding hydrogens is 198 g/mol. The molecule has 0 spiro atoms. The zero-order valence-electron chi connectivity index (χ0n) is 10.1. The summed E-state index contributed by atoms with van der Waals surface area (Å²) < 4.78 is 0. The maximum Gasteiger partial charge on any atom is 0.154 e. The fourth-order valence-corrected chi connectivity index (χ4v) is 2.53. The fourth-order valence-electron chi connectivity index (χ4n) is 2.53. The second-order valence-corrected chi connectivity index (χ2v) is 4.30. The van der Waals surface area contributed by atoms with Crippen LogP contribution in [0, 0.1) is 0 Å².